The third-order valence-electron chi connectivity index (χ3n) is 8.09. The number of nitro benzene ring substituents is 1. The lowest BCUT2D eigenvalue weighted by Gasteiger charge is -2.23. The van der Waals surface area contributed by atoms with Gasteiger partial charge in [-0.2, -0.15) is 0 Å². The Kier molecular flexibility index (Phi) is 17.1. The molecule has 4 rings (SSSR count). The van der Waals surface area contributed by atoms with Crippen molar-refractivity contribution in [3.63, 3.8) is 0 Å². The number of nitrogens with one attached hydrogen (secondary N) is 4. The Balaban J connectivity index is 1.38. The number of benzene rings is 4. The molecular formula is C41H43N5O11. The van der Waals surface area contributed by atoms with Crippen LogP contribution in [0.3, 0.4) is 0 Å². The first-order chi connectivity index (χ1) is 27.6. The van der Waals surface area contributed by atoms with Crippen LogP contribution in [0.25, 0.3) is 0 Å². The number of ether oxygens (including phenoxy) is 4. The topological polar surface area (TPSA) is 214 Å². The van der Waals surface area contributed by atoms with Gasteiger partial charge in [0.2, 0.25) is 11.8 Å². The predicted octanol–water partition coefficient (Wildman–Crippen LogP) is 6.35. The number of carbonyl (C=O) groups excluding carboxylic acids is 5. The highest BCUT2D eigenvalue weighted by molar-refractivity contribution is 5.98. The van der Waals surface area contributed by atoms with Crippen LogP contribution in [0.2, 0.25) is 0 Å². The van der Waals surface area contributed by atoms with E-state index < -0.39 is 47.2 Å². The van der Waals surface area contributed by atoms with Crippen LogP contribution >= 0.6 is 0 Å². The van der Waals surface area contributed by atoms with Gasteiger partial charge in [-0.3, -0.25) is 19.7 Å². The number of nitro groups is 1. The monoisotopic (exact) mass is 781 g/mol. The normalized spacial score (nSPS) is 11.4. The number of hydrogen-bond acceptors (Lipinski definition) is 11. The van der Waals surface area contributed by atoms with Crippen molar-refractivity contribution in [2.24, 2.45) is 0 Å². The van der Waals surface area contributed by atoms with Crippen LogP contribution in [0.15, 0.2) is 122 Å². The van der Waals surface area contributed by atoms with Gasteiger partial charge in [0.15, 0.2) is 0 Å². The fourth-order valence-electron chi connectivity index (χ4n) is 5.17. The van der Waals surface area contributed by atoms with E-state index in [4.69, 9.17) is 18.9 Å². The van der Waals surface area contributed by atoms with Crippen molar-refractivity contribution in [2.75, 3.05) is 18.5 Å². The van der Waals surface area contributed by atoms with Gasteiger partial charge >= 0.3 is 18.3 Å². The molecule has 0 fully saturated rings. The lowest BCUT2D eigenvalue weighted by atomic mass is 10.0. The largest absolute Gasteiger partial charge is 0.514 e. The molecule has 298 valence electrons. The zero-order chi connectivity index (χ0) is 40.8. The van der Waals surface area contributed by atoms with E-state index in [9.17, 15) is 34.1 Å². The molecule has 0 aromatic heterocycles. The number of amides is 4. The summed E-state index contributed by atoms with van der Waals surface area (Å²) in [4.78, 5) is 74.6. The number of carbonyl (C=O) groups is 5. The smallest absolute Gasteiger partial charge is 0.445 e. The van der Waals surface area contributed by atoms with Crippen molar-refractivity contribution in [2.45, 2.75) is 51.0 Å². The average Bonchev–Trinajstić information content (AvgIpc) is 3.22. The minimum atomic E-state index is -1.10. The van der Waals surface area contributed by atoms with Gasteiger partial charge in [-0.1, -0.05) is 85.5 Å². The Hall–Kier alpha value is -7.23. The summed E-state index contributed by atoms with van der Waals surface area (Å²) in [6.07, 6.45) is 0.176. The Morgan fingerprint density at radius 2 is 1.32 bits per heavy atom. The van der Waals surface area contributed by atoms with E-state index in [1.807, 2.05) is 36.4 Å². The van der Waals surface area contributed by atoms with Crippen molar-refractivity contribution in [3.8, 4) is 5.75 Å². The molecule has 2 atom stereocenters. The number of nitrogens with zero attached hydrogens (tertiary/aromatic N) is 1. The van der Waals surface area contributed by atoms with E-state index in [2.05, 4.69) is 27.8 Å². The molecule has 4 aromatic rings. The zero-order valence-corrected chi connectivity index (χ0v) is 30.9. The highest BCUT2D eigenvalue weighted by Crippen LogP contribution is 2.18. The van der Waals surface area contributed by atoms with Crippen LogP contribution in [0.5, 0.6) is 5.75 Å². The average molecular weight is 782 g/mol. The summed E-state index contributed by atoms with van der Waals surface area (Å²) in [5.41, 5.74) is 2.31. The molecule has 4 N–H and O–H groups in total. The van der Waals surface area contributed by atoms with E-state index in [-0.39, 0.29) is 50.6 Å². The van der Waals surface area contributed by atoms with Gasteiger partial charge in [0.05, 0.1) is 4.92 Å². The van der Waals surface area contributed by atoms with Crippen LogP contribution in [0.4, 0.5) is 25.8 Å². The third-order valence-corrected chi connectivity index (χ3v) is 8.09. The van der Waals surface area contributed by atoms with Crippen LogP contribution in [-0.4, -0.2) is 60.3 Å². The fourth-order valence-corrected chi connectivity index (χ4v) is 5.17. The number of anilines is 1. The minimum Gasteiger partial charge on any atom is -0.445 e. The molecule has 0 aliphatic rings. The maximum atomic E-state index is 13.8. The summed E-state index contributed by atoms with van der Waals surface area (Å²) in [5.74, 6) is -1.09. The van der Waals surface area contributed by atoms with Crippen molar-refractivity contribution in [1.82, 2.24) is 16.0 Å². The first kappa shape index (κ1) is 42.5. The quantitative estimate of drug-likeness (QED) is 0.0147. The lowest BCUT2D eigenvalue weighted by Crippen LogP contribution is -2.53. The standard InChI is InChI=1S/C41H43N5O11/c1-2-25-54-39(49)42-24-10-9-15-35(44-38(48)36(26-29-11-5-3-6-12-29)45-40(50)55-27-30-13-7-4-8-14-30)37(47)43-32-18-16-31(17-19-32)28-56-41(51)57-34-22-20-33(21-23-34)46(52)53/h2-8,11-14,16-23,35-36H,1,9-10,15,24-28H2,(H,42,49)(H,43,47)(H,44,48)(H,45,50)/t35-,36-/m0/s1. The molecule has 4 aromatic carbocycles. The number of hydrogen-bond donors (Lipinski definition) is 4. The Bertz CT molecular complexity index is 1940. The molecule has 0 aliphatic carbocycles. The first-order valence-electron chi connectivity index (χ1n) is 17.9. The molecule has 0 aliphatic heterocycles. The highest BCUT2D eigenvalue weighted by atomic mass is 16.7. The molecule has 0 heterocycles. The molecule has 57 heavy (non-hydrogen) atoms. The summed E-state index contributed by atoms with van der Waals surface area (Å²) >= 11 is 0. The second-order valence-electron chi connectivity index (χ2n) is 12.4. The number of alkyl carbamates (subject to hydrolysis) is 2. The van der Waals surface area contributed by atoms with Crippen LogP contribution in [0.1, 0.15) is 36.0 Å². The van der Waals surface area contributed by atoms with E-state index in [1.165, 1.54) is 30.3 Å². The number of rotatable bonds is 20. The molecule has 0 unspecified atom stereocenters. The summed E-state index contributed by atoms with van der Waals surface area (Å²) in [6.45, 7) is 3.64. The molecular weight excluding hydrogens is 738 g/mol. The second kappa shape index (κ2) is 22.9. The van der Waals surface area contributed by atoms with Crippen molar-refractivity contribution < 1.29 is 47.8 Å². The van der Waals surface area contributed by atoms with E-state index in [0.717, 1.165) is 11.1 Å². The summed E-state index contributed by atoms with van der Waals surface area (Å²) < 4.78 is 20.5. The summed E-state index contributed by atoms with van der Waals surface area (Å²) in [6, 6.07) is 27.3. The minimum absolute atomic E-state index is 0.0102. The van der Waals surface area contributed by atoms with Crippen molar-refractivity contribution in [3.05, 3.63) is 149 Å². The fraction of sp³-hybridized carbons (Fsp3) is 0.244. The van der Waals surface area contributed by atoms with Gasteiger partial charge in [0.1, 0.15) is 37.7 Å². The highest BCUT2D eigenvalue weighted by Gasteiger charge is 2.28. The zero-order valence-electron chi connectivity index (χ0n) is 30.9. The molecule has 0 bridgehead atoms. The molecule has 16 nitrogen and oxygen atoms in total. The number of non-ortho nitro benzene ring substituents is 1. The first-order valence-corrected chi connectivity index (χ1v) is 17.9. The molecule has 0 saturated heterocycles. The van der Waals surface area contributed by atoms with E-state index >= 15 is 0 Å². The molecule has 4 amide bonds. The van der Waals surface area contributed by atoms with Gasteiger partial charge in [-0.05, 0) is 60.2 Å². The van der Waals surface area contributed by atoms with Crippen LogP contribution in [-0.2, 0) is 43.4 Å². The van der Waals surface area contributed by atoms with Gasteiger partial charge < -0.3 is 40.2 Å². The maximum Gasteiger partial charge on any atom is 0.514 e. The summed E-state index contributed by atoms with van der Waals surface area (Å²) in [7, 11) is 0. The van der Waals surface area contributed by atoms with Gasteiger partial charge in [-0.15, -0.1) is 0 Å². The molecule has 0 saturated carbocycles. The van der Waals surface area contributed by atoms with Gasteiger partial charge in [0, 0.05) is 30.8 Å². The van der Waals surface area contributed by atoms with Crippen LogP contribution < -0.4 is 26.0 Å². The summed E-state index contributed by atoms with van der Waals surface area (Å²) in [5, 5.41) is 21.7. The van der Waals surface area contributed by atoms with Gasteiger partial charge in [-0.25, -0.2) is 14.4 Å². The SMILES string of the molecule is C=CCOC(=O)NCCCC[C@H](NC(=O)[C@H](Cc1ccccc1)NC(=O)OCc1ccccc1)C(=O)Nc1ccc(COC(=O)Oc2ccc([N+](=O)[O-])cc2)cc1. The number of unbranched alkanes of at least 4 members (excludes halogenated alkanes) is 1. The maximum absolute atomic E-state index is 13.8. The lowest BCUT2D eigenvalue weighted by molar-refractivity contribution is -0.384. The van der Waals surface area contributed by atoms with E-state index in [1.54, 1.807) is 48.5 Å². The third kappa shape index (κ3) is 15.6. The van der Waals surface area contributed by atoms with Crippen molar-refractivity contribution >= 4 is 41.5 Å². The van der Waals surface area contributed by atoms with Crippen LogP contribution in [0, 0.1) is 10.1 Å². The molecule has 0 spiro atoms. The van der Waals surface area contributed by atoms with Gasteiger partial charge in [0.25, 0.3) is 5.69 Å². The molecule has 0 radical (unpaired) electrons. The second-order valence-corrected chi connectivity index (χ2v) is 12.4. The Morgan fingerprint density at radius 1 is 0.684 bits per heavy atom. The Labute approximate surface area is 328 Å². The molecule has 16 heteroatoms. The predicted molar refractivity (Wildman–Crippen MR) is 208 cm³/mol. The Morgan fingerprint density at radius 3 is 1.96 bits per heavy atom. The van der Waals surface area contributed by atoms with Crippen molar-refractivity contribution in [1.29, 1.82) is 0 Å². The van der Waals surface area contributed by atoms with E-state index in [0.29, 0.717) is 24.1 Å².